The summed E-state index contributed by atoms with van der Waals surface area (Å²) < 4.78 is 1.88. The van der Waals surface area contributed by atoms with Crippen LogP contribution in [0.5, 0.6) is 0 Å². The van der Waals surface area contributed by atoms with Crippen LogP contribution in [0.4, 0.5) is 0 Å². The van der Waals surface area contributed by atoms with Crippen molar-refractivity contribution in [2.45, 2.75) is 117 Å². The first-order chi connectivity index (χ1) is 17.1. The van der Waals surface area contributed by atoms with E-state index in [2.05, 4.69) is 38.0 Å². The number of nitrogens with zero attached hydrogens (tertiary/aromatic N) is 2. The Morgan fingerprint density at radius 1 is 1.11 bits per heavy atom. The van der Waals surface area contributed by atoms with E-state index in [9.17, 15) is 15.0 Å². The van der Waals surface area contributed by atoms with E-state index >= 15 is 0 Å². The van der Waals surface area contributed by atoms with Crippen molar-refractivity contribution >= 4 is 5.97 Å². The monoisotopic (exact) mass is 503 g/mol. The molecule has 0 bridgehead atoms. The Kier molecular flexibility index (Phi) is 7.12. The number of carboxylic acid groups (broad SMARTS) is 1. The summed E-state index contributed by atoms with van der Waals surface area (Å²) in [6.07, 6.45) is 10.7. The molecule has 0 radical (unpaired) electrons. The number of carbonyl (C=O) groups is 1. The second-order valence-electron chi connectivity index (χ2n) is 13.6. The van der Waals surface area contributed by atoms with Gasteiger partial charge in [-0.3, -0.25) is 9.48 Å². The lowest BCUT2D eigenvalue weighted by atomic mass is 9.41. The molecule has 7 nitrogen and oxygen atoms in total. The average molecular weight is 504 g/mol. The van der Waals surface area contributed by atoms with Crippen molar-refractivity contribution < 1.29 is 20.1 Å². The SMILES string of the molecule is CC[C@H]1[C@@H](O)[C@@H]2[C@H](CC[C@]3(C)[C@@H]([C@H](C)CCCn4[nH]nc4CC(=O)O)CC[C@@H]23)[C@@]2(C)CC[C@@H](O)C[C@@H]12. The number of carboxylic acids is 1. The van der Waals surface area contributed by atoms with E-state index in [4.69, 9.17) is 5.11 Å². The third-order valence-electron chi connectivity index (χ3n) is 12.1. The summed E-state index contributed by atoms with van der Waals surface area (Å²) in [5.41, 5.74) is 0.552. The number of aliphatic carboxylic acids is 1. The Hall–Kier alpha value is -1.34. The van der Waals surface area contributed by atoms with E-state index in [1.54, 1.807) is 0 Å². The molecule has 4 saturated carbocycles. The lowest BCUT2D eigenvalue weighted by Crippen LogP contribution is -2.62. The summed E-state index contributed by atoms with van der Waals surface area (Å²) in [7, 11) is 0. The lowest BCUT2D eigenvalue weighted by molar-refractivity contribution is -0.203. The van der Waals surface area contributed by atoms with E-state index in [1.807, 2.05) is 4.68 Å². The molecule has 0 saturated heterocycles. The van der Waals surface area contributed by atoms with Gasteiger partial charge in [0, 0.05) is 6.54 Å². The number of aryl methyl sites for hydroxylation is 1. The van der Waals surface area contributed by atoms with Crippen LogP contribution < -0.4 is 0 Å². The minimum absolute atomic E-state index is 0.0205. The Labute approximate surface area is 216 Å². The third kappa shape index (κ3) is 4.16. The van der Waals surface area contributed by atoms with Gasteiger partial charge in [0.25, 0.3) is 0 Å². The molecule has 4 N–H and O–H groups in total. The molecule has 11 atom stereocenters. The van der Waals surface area contributed by atoms with Crippen molar-refractivity contribution in [3.8, 4) is 0 Å². The van der Waals surface area contributed by atoms with Gasteiger partial charge in [0.05, 0.1) is 12.2 Å². The van der Waals surface area contributed by atoms with Gasteiger partial charge in [-0.05, 0) is 110 Å². The third-order valence-corrected chi connectivity index (χ3v) is 12.1. The molecule has 204 valence electrons. The number of hydrogen-bond acceptors (Lipinski definition) is 4. The molecule has 7 heteroatoms. The smallest absolute Gasteiger partial charge is 0.311 e. The first-order valence-corrected chi connectivity index (χ1v) is 14.8. The number of H-pyrrole nitrogens is 1. The number of aliphatic hydroxyl groups is 2. The van der Waals surface area contributed by atoms with Gasteiger partial charge in [0.2, 0.25) is 0 Å². The van der Waals surface area contributed by atoms with Crippen LogP contribution in [0.3, 0.4) is 0 Å². The standard InChI is InChI=1S/C29H49N3O4/c1-5-19-23-15-18(33)10-12-29(23,4)22-11-13-28(3)20(8-9-21(28)26(22)27(19)36)17(2)7-6-14-32-24(30-31-32)16-25(34)35/h17-23,26-27,31,33,36H,5-16H2,1-4H3,(H,34,35)/t17-,18-,19-,20-,21+,22+,23+,26+,27-,28-,29-/m1/s1. The fourth-order valence-electron chi connectivity index (χ4n) is 10.3. The molecule has 5 rings (SSSR count). The van der Waals surface area contributed by atoms with Gasteiger partial charge >= 0.3 is 5.97 Å². The van der Waals surface area contributed by atoms with Gasteiger partial charge in [0.1, 0.15) is 6.42 Å². The highest BCUT2D eigenvalue weighted by molar-refractivity contribution is 5.68. The second-order valence-corrected chi connectivity index (χ2v) is 13.6. The van der Waals surface area contributed by atoms with Crippen LogP contribution in [-0.4, -0.2) is 48.5 Å². The normalized spacial score (nSPS) is 45.1. The summed E-state index contributed by atoms with van der Waals surface area (Å²) in [6.45, 7) is 10.5. The first-order valence-electron chi connectivity index (χ1n) is 14.8. The molecular weight excluding hydrogens is 454 g/mol. The molecule has 0 spiro atoms. The molecule has 1 heterocycles. The molecular formula is C29H49N3O4. The molecule has 0 aromatic carbocycles. The van der Waals surface area contributed by atoms with E-state index in [0.29, 0.717) is 52.7 Å². The van der Waals surface area contributed by atoms with Crippen LogP contribution in [0.2, 0.25) is 0 Å². The highest BCUT2D eigenvalue weighted by Crippen LogP contribution is 2.69. The maximum atomic E-state index is 11.9. The number of aromatic nitrogens is 3. The first kappa shape index (κ1) is 26.3. The minimum Gasteiger partial charge on any atom is -0.481 e. The van der Waals surface area contributed by atoms with Crippen molar-refractivity contribution in [3.05, 3.63) is 5.82 Å². The van der Waals surface area contributed by atoms with E-state index in [-0.39, 0.29) is 24.0 Å². The molecule has 0 unspecified atom stereocenters. The molecule has 36 heavy (non-hydrogen) atoms. The van der Waals surface area contributed by atoms with Crippen molar-refractivity contribution in [2.24, 2.45) is 52.3 Å². The summed E-state index contributed by atoms with van der Waals surface area (Å²) in [6, 6.07) is 0. The summed E-state index contributed by atoms with van der Waals surface area (Å²) in [5, 5.41) is 38.3. The number of rotatable bonds is 8. The molecule has 1 aromatic rings. The van der Waals surface area contributed by atoms with Crippen LogP contribution in [0.25, 0.3) is 0 Å². The average Bonchev–Trinajstić information content (AvgIpc) is 3.18. The number of aliphatic hydroxyl groups excluding tert-OH is 2. The Bertz CT molecular complexity index is 928. The quantitative estimate of drug-likeness (QED) is 0.404. The maximum Gasteiger partial charge on any atom is 0.311 e. The van der Waals surface area contributed by atoms with Crippen molar-refractivity contribution in [1.29, 1.82) is 0 Å². The van der Waals surface area contributed by atoms with E-state index < -0.39 is 5.97 Å². The fraction of sp³-hybridized carbons (Fsp3) is 0.931. The zero-order chi connectivity index (χ0) is 25.8. The van der Waals surface area contributed by atoms with Crippen LogP contribution in [0.1, 0.15) is 97.7 Å². The molecule has 4 aliphatic carbocycles. The van der Waals surface area contributed by atoms with Gasteiger partial charge in [-0.15, -0.1) is 5.10 Å². The minimum atomic E-state index is -0.839. The van der Waals surface area contributed by atoms with Crippen LogP contribution >= 0.6 is 0 Å². The van der Waals surface area contributed by atoms with Crippen LogP contribution in [0, 0.1) is 52.3 Å². The van der Waals surface area contributed by atoms with Gasteiger partial charge in [-0.25, -0.2) is 5.21 Å². The zero-order valence-electron chi connectivity index (χ0n) is 22.8. The zero-order valence-corrected chi connectivity index (χ0v) is 22.8. The summed E-state index contributed by atoms with van der Waals surface area (Å²) >= 11 is 0. The molecule has 0 aliphatic heterocycles. The van der Waals surface area contributed by atoms with E-state index in [1.165, 1.54) is 25.7 Å². The highest BCUT2D eigenvalue weighted by Gasteiger charge is 2.64. The van der Waals surface area contributed by atoms with Gasteiger partial charge < -0.3 is 15.3 Å². The molecule has 4 aliphatic rings. The number of fused-ring (bicyclic) bond motifs is 5. The lowest BCUT2D eigenvalue weighted by Gasteiger charge is -2.64. The molecule has 0 amide bonds. The Morgan fingerprint density at radius 3 is 2.50 bits per heavy atom. The van der Waals surface area contributed by atoms with Crippen molar-refractivity contribution in [3.63, 3.8) is 0 Å². The Balaban J connectivity index is 1.28. The van der Waals surface area contributed by atoms with Gasteiger partial charge in [-0.1, -0.05) is 34.1 Å². The highest BCUT2D eigenvalue weighted by atomic mass is 16.4. The number of aromatic amines is 1. The number of nitrogens with one attached hydrogen (secondary N) is 1. The number of hydrogen-bond donors (Lipinski definition) is 4. The predicted molar refractivity (Wildman–Crippen MR) is 138 cm³/mol. The molecule has 1 aromatic heterocycles. The predicted octanol–water partition coefficient (Wildman–Crippen LogP) is 4.88. The van der Waals surface area contributed by atoms with Crippen molar-refractivity contribution in [2.75, 3.05) is 0 Å². The van der Waals surface area contributed by atoms with Crippen molar-refractivity contribution in [1.82, 2.24) is 15.0 Å². The fourth-order valence-corrected chi connectivity index (χ4v) is 10.3. The van der Waals surface area contributed by atoms with Gasteiger partial charge in [0.15, 0.2) is 5.82 Å². The summed E-state index contributed by atoms with van der Waals surface area (Å²) in [4.78, 5) is 11.0. The maximum absolute atomic E-state index is 11.9. The molecule has 4 fully saturated rings. The Morgan fingerprint density at radius 2 is 1.83 bits per heavy atom. The topological polar surface area (TPSA) is 111 Å². The van der Waals surface area contributed by atoms with Crippen LogP contribution in [0.15, 0.2) is 0 Å². The largest absolute Gasteiger partial charge is 0.481 e. The van der Waals surface area contributed by atoms with Gasteiger partial charge in [-0.2, -0.15) is 0 Å². The van der Waals surface area contributed by atoms with Crippen LogP contribution in [-0.2, 0) is 17.8 Å². The summed E-state index contributed by atoms with van der Waals surface area (Å²) in [5.74, 6) is 3.45. The second kappa shape index (κ2) is 9.76. The van der Waals surface area contributed by atoms with E-state index in [0.717, 1.165) is 45.1 Å².